The summed E-state index contributed by atoms with van der Waals surface area (Å²) in [6, 6.07) is 0. The molecule has 3 heteroatoms. The molecule has 0 amide bonds. The van der Waals surface area contributed by atoms with E-state index in [2.05, 4.69) is 0 Å². The Hall–Kier alpha value is -0.410. The third-order valence-corrected chi connectivity index (χ3v) is 4.28. The molecule has 2 atom stereocenters. The van der Waals surface area contributed by atoms with Gasteiger partial charge in [0.05, 0.1) is 12.0 Å². The van der Waals surface area contributed by atoms with Crippen LogP contribution in [-0.4, -0.2) is 23.8 Å². The van der Waals surface area contributed by atoms with E-state index in [1.807, 2.05) is 34.6 Å². The van der Waals surface area contributed by atoms with Crippen LogP contribution >= 0.6 is 0 Å². The first-order chi connectivity index (χ1) is 7.20. The van der Waals surface area contributed by atoms with Crippen LogP contribution in [0.15, 0.2) is 0 Å². The van der Waals surface area contributed by atoms with E-state index < -0.39 is 16.8 Å². The lowest BCUT2D eigenvalue weighted by Gasteiger charge is -2.47. The van der Waals surface area contributed by atoms with E-state index in [0.717, 1.165) is 12.8 Å². The number of rotatable bonds is 0. The van der Waals surface area contributed by atoms with Gasteiger partial charge in [0.15, 0.2) is 5.79 Å². The molecule has 1 heterocycles. The molecule has 92 valence electrons. The lowest BCUT2D eigenvalue weighted by molar-refractivity contribution is -0.199. The van der Waals surface area contributed by atoms with Crippen molar-refractivity contribution in [1.82, 2.24) is 0 Å². The molecule has 1 saturated heterocycles. The molecule has 1 saturated carbocycles. The molecule has 0 N–H and O–H groups in total. The zero-order chi connectivity index (χ0) is 12.2. The maximum Gasteiger partial charge on any atom is 0.163 e. The molecule has 16 heavy (non-hydrogen) atoms. The highest BCUT2D eigenvalue weighted by molar-refractivity contribution is 5.88. The molecule has 1 aliphatic heterocycles. The van der Waals surface area contributed by atoms with Crippen molar-refractivity contribution in [1.29, 1.82) is 0 Å². The molecule has 0 aromatic carbocycles. The number of ether oxygens (including phenoxy) is 2. The zero-order valence-electron chi connectivity index (χ0n) is 10.9. The minimum atomic E-state index is -0.557. The topological polar surface area (TPSA) is 35.5 Å². The van der Waals surface area contributed by atoms with Gasteiger partial charge < -0.3 is 9.47 Å². The van der Waals surface area contributed by atoms with Gasteiger partial charge in [-0.25, -0.2) is 0 Å². The van der Waals surface area contributed by atoms with E-state index in [9.17, 15) is 4.79 Å². The number of ketones is 1. The van der Waals surface area contributed by atoms with E-state index in [4.69, 9.17) is 9.47 Å². The summed E-state index contributed by atoms with van der Waals surface area (Å²) in [7, 11) is 0. The fourth-order valence-electron chi connectivity index (χ4n) is 2.98. The van der Waals surface area contributed by atoms with E-state index in [0.29, 0.717) is 12.4 Å². The number of Topliss-reactive ketones (excluding diaryl/α,β-unsaturated/α-hetero) is 1. The molecular formula is C13H22O3. The maximum atomic E-state index is 12.3. The predicted octanol–water partition coefficient (Wildman–Crippen LogP) is 2.53. The van der Waals surface area contributed by atoms with E-state index in [-0.39, 0.29) is 5.92 Å². The molecule has 0 radical (unpaired) electrons. The summed E-state index contributed by atoms with van der Waals surface area (Å²) < 4.78 is 11.7. The van der Waals surface area contributed by atoms with Crippen molar-refractivity contribution >= 4 is 5.78 Å². The molecule has 1 unspecified atom stereocenters. The zero-order valence-corrected chi connectivity index (χ0v) is 10.9. The van der Waals surface area contributed by atoms with Crippen LogP contribution in [0.3, 0.4) is 0 Å². The van der Waals surface area contributed by atoms with Crippen molar-refractivity contribution in [2.75, 3.05) is 6.61 Å². The fourth-order valence-corrected chi connectivity index (χ4v) is 2.98. The summed E-state index contributed by atoms with van der Waals surface area (Å²) in [5.41, 5.74) is -0.863. The quantitative estimate of drug-likeness (QED) is 0.636. The van der Waals surface area contributed by atoms with Gasteiger partial charge in [-0.2, -0.15) is 0 Å². The number of hydrogen-bond donors (Lipinski definition) is 0. The second-order valence-electron chi connectivity index (χ2n) is 6.21. The molecule has 0 bridgehead atoms. The molecule has 2 aliphatic rings. The molecule has 1 spiro atoms. The lowest BCUT2D eigenvalue weighted by Crippen LogP contribution is -2.57. The lowest BCUT2D eigenvalue weighted by atomic mass is 9.62. The largest absolute Gasteiger partial charge is 0.347 e. The van der Waals surface area contributed by atoms with Crippen molar-refractivity contribution in [3.05, 3.63) is 0 Å². The van der Waals surface area contributed by atoms with Crippen molar-refractivity contribution in [2.24, 2.45) is 11.3 Å². The van der Waals surface area contributed by atoms with Crippen LogP contribution in [0.4, 0.5) is 0 Å². The Balaban J connectivity index is 2.32. The van der Waals surface area contributed by atoms with E-state index in [1.54, 1.807) is 0 Å². The standard InChI is InChI=1S/C13H22O3/c1-9-6-7-13(11(2,3)10(9)14)8-15-12(4,5)16-13/h9H,6-8H2,1-5H3/t9?,13-/m1/s1. The second kappa shape index (κ2) is 3.30. The first-order valence-corrected chi connectivity index (χ1v) is 6.09. The van der Waals surface area contributed by atoms with Gasteiger partial charge in [-0.1, -0.05) is 20.8 Å². The number of carbonyl (C=O) groups is 1. The Morgan fingerprint density at radius 3 is 2.38 bits per heavy atom. The first kappa shape index (κ1) is 12.1. The number of hydrogen-bond acceptors (Lipinski definition) is 3. The van der Waals surface area contributed by atoms with Crippen molar-refractivity contribution < 1.29 is 14.3 Å². The molecule has 0 aromatic heterocycles. The van der Waals surface area contributed by atoms with Gasteiger partial charge in [-0.3, -0.25) is 4.79 Å². The van der Waals surface area contributed by atoms with Crippen molar-refractivity contribution in [3.63, 3.8) is 0 Å². The fraction of sp³-hybridized carbons (Fsp3) is 0.923. The average molecular weight is 226 g/mol. The van der Waals surface area contributed by atoms with Crippen LogP contribution in [0.5, 0.6) is 0 Å². The van der Waals surface area contributed by atoms with Gasteiger partial charge in [0, 0.05) is 5.92 Å². The molecule has 1 aliphatic carbocycles. The Kier molecular flexibility index (Phi) is 2.48. The van der Waals surface area contributed by atoms with Crippen LogP contribution in [0, 0.1) is 11.3 Å². The Morgan fingerprint density at radius 2 is 1.88 bits per heavy atom. The van der Waals surface area contributed by atoms with Gasteiger partial charge >= 0.3 is 0 Å². The maximum absolute atomic E-state index is 12.3. The smallest absolute Gasteiger partial charge is 0.163 e. The average Bonchev–Trinajstić information content (AvgIpc) is 2.49. The van der Waals surface area contributed by atoms with Gasteiger partial charge in [-0.15, -0.1) is 0 Å². The van der Waals surface area contributed by atoms with Crippen LogP contribution in [0.1, 0.15) is 47.5 Å². The monoisotopic (exact) mass is 226 g/mol. The minimum absolute atomic E-state index is 0.146. The third kappa shape index (κ3) is 1.52. The highest BCUT2D eigenvalue weighted by Gasteiger charge is 2.60. The van der Waals surface area contributed by atoms with E-state index in [1.165, 1.54) is 0 Å². The second-order valence-corrected chi connectivity index (χ2v) is 6.21. The summed E-state index contributed by atoms with van der Waals surface area (Å²) in [5, 5.41) is 0. The van der Waals surface area contributed by atoms with Crippen LogP contribution in [0.25, 0.3) is 0 Å². The summed E-state index contributed by atoms with van der Waals surface area (Å²) in [6.45, 7) is 10.4. The Morgan fingerprint density at radius 1 is 1.25 bits per heavy atom. The first-order valence-electron chi connectivity index (χ1n) is 6.09. The SMILES string of the molecule is CC1CC[C@@]2(COC(C)(C)O2)C(C)(C)C1=O. The van der Waals surface area contributed by atoms with Gasteiger partial charge in [0.2, 0.25) is 0 Å². The highest BCUT2D eigenvalue weighted by Crippen LogP contribution is 2.51. The third-order valence-electron chi connectivity index (χ3n) is 4.28. The van der Waals surface area contributed by atoms with Crippen molar-refractivity contribution in [2.45, 2.75) is 58.8 Å². The minimum Gasteiger partial charge on any atom is -0.347 e. The number of carbonyl (C=O) groups excluding carboxylic acids is 1. The highest BCUT2D eigenvalue weighted by atomic mass is 16.8. The van der Waals surface area contributed by atoms with Crippen molar-refractivity contribution in [3.8, 4) is 0 Å². The molecule has 0 aromatic rings. The Labute approximate surface area is 97.5 Å². The van der Waals surface area contributed by atoms with Crippen LogP contribution < -0.4 is 0 Å². The van der Waals surface area contributed by atoms with Crippen LogP contribution in [-0.2, 0) is 14.3 Å². The predicted molar refractivity (Wildman–Crippen MR) is 61.0 cm³/mol. The summed E-state index contributed by atoms with van der Waals surface area (Å²) in [4.78, 5) is 12.3. The Bertz CT molecular complexity index is 319. The summed E-state index contributed by atoms with van der Waals surface area (Å²) >= 11 is 0. The van der Waals surface area contributed by atoms with Gasteiger partial charge in [-0.05, 0) is 26.7 Å². The van der Waals surface area contributed by atoms with Gasteiger partial charge in [0.1, 0.15) is 11.4 Å². The molecule has 2 rings (SSSR count). The molecular weight excluding hydrogens is 204 g/mol. The normalized spacial score (nSPS) is 41.6. The summed E-state index contributed by atoms with van der Waals surface area (Å²) in [5.74, 6) is -0.106. The molecule has 3 nitrogen and oxygen atoms in total. The molecule has 2 fully saturated rings. The van der Waals surface area contributed by atoms with Gasteiger partial charge in [0.25, 0.3) is 0 Å². The van der Waals surface area contributed by atoms with Crippen LogP contribution in [0.2, 0.25) is 0 Å². The van der Waals surface area contributed by atoms with E-state index >= 15 is 0 Å². The summed E-state index contributed by atoms with van der Waals surface area (Å²) in [6.07, 6.45) is 1.82.